The van der Waals surface area contributed by atoms with Crippen LogP contribution < -0.4 is 0 Å². The van der Waals surface area contributed by atoms with E-state index in [4.69, 9.17) is 10.2 Å². The first kappa shape index (κ1) is 18.0. The Morgan fingerprint density at radius 3 is 1.29 bits per heavy atom. The first-order chi connectivity index (χ1) is 7.30. The van der Waals surface area contributed by atoms with Crippen LogP contribution in [0.4, 0.5) is 0 Å². The topological polar surface area (TPSA) is 109 Å². The molecule has 0 rings (SSSR count). The van der Waals surface area contributed by atoms with E-state index < -0.39 is 33.1 Å². The van der Waals surface area contributed by atoms with Crippen molar-refractivity contribution in [3.8, 4) is 0 Å². The zero-order valence-corrected chi connectivity index (χ0v) is 11.3. The Morgan fingerprint density at radius 1 is 0.941 bits per heavy atom. The molecular formula is C10H18O6S. The van der Waals surface area contributed by atoms with Gasteiger partial charge in [0.05, 0.1) is 16.2 Å². The van der Waals surface area contributed by atoms with Crippen molar-refractivity contribution in [1.29, 1.82) is 0 Å². The van der Waals surface area contributed by atoms with Crippen molar-refractivity contribution in [1.82, 2.24) is 0 Å². The fourth-order valence-electron chi connectivity index (χ4n) is 0.291. The van der Waals surface area contributed by atoms with Gasteiger partial charge in [-0.15, -0.1) is 0 Å². The van der Waals surface area contributed by atoms with Crippen LogP contribution >= 0.6 is 0 Å². The van der Waals surface area contributed by atoms with Crippen LogP contribution in [-0.2, 0) is 19.9 Å². The van der Waals surface area contributed by atoms with Gasteiger partial charge in [0, 0.05) is 0 Å². The third-order valence-corrected chi connectivity index (χ3v) is 2.37. The lowest BCUT2D eigenvalue weighted by Gasteiger charge is -2.09. The molecule has 0 aromatic carbocycles. The lowest BCUT2D eigenvalue weighted by molar-refractivity contribution is -0.146. The van der Waals surface area contributed by atoms with Crippen LogP contribution in [-0.4, -0.2) is 35.9 Å². The molecule has 0 spiro atoms. The molecule has 0 aliphatic heterocycles. The molecule has 6 nitrogen and oxygen atoms in total. The molecule has 0 atom stereocenters. The highest BCUT2D eigenvalue weighted by molar-refractivity contribution is 7.71. The number of rotatable bonds is 2. The van der Waals surface area contributed by atoms with Gasteiger partial charge in [-0.3, -0.25) is 9.59 Å². The molecule has 0 aliphatic carbocycles. The molecule has 2 N–H and O–H groups in total. The summed E-state index contributed by atoms with van der Waals surface area (Å²) in [5, 5.41) is 17.4. The van der Waals surface area contributed by atoms with E-state index in [1.807, 2.05) is 0 Å². The Labute approximate surface area is 102 Å². The molecule has 0 amide bonds. The summed E-state index contributed by atoms with van der Waals surface area (Å²) in [6.07, 6.45) is 0. The van der Waals surface area contributed by atoms with E-state index in [2.05, 4.69) is 0 Å². The lowest BCUT2D eigenvalue weighted by Crippen LogP contribution is -2.25. The summed E-state index contributed by atoms with van der Waals surface area (Å²) in [5.74, 6) is -1.91. The number of hydrogen-bond acceptors (Lipinski definition) is 4. The van der Waals surface area contributed by atoms with Crippen molar-refractivity contribution in [2.24, 2.45) is 10.8 Å². The molecule has 0 aromatic heterocycles. The second kappa shape index (κ2) is 6.39. The molecule has 17 heavy (non-hydrogen) atoms. The molecule has 0 bridgehead atoms. The monoisotopic (exact) mass is 266 g/mol. The summed E-state index contributed by atoms with van der Waals surface area (Å²) in [4.78, 5) is 20.3. The minimum Gasteiger partial charge on any atom is -0.481 e. The van der Waals surface area contributed by atoms with E-state index in [-0.39, 0.29) is 0 Å². The van der Waals surface area contributed by atoms with Gasteiger partial charge in [-0.05, 0) is 34.6 Å². The average molecular weight is 266 g/mol. The van der Waals surface area contributed by atoms with Crippen LogP contribution in [0.2, 0.25) is 0 Å². The van der Waals surface area contributed by atoms with E-state index in [1.54, 1.807) is 20.8 Å². The van der Waals surface area contributed by atoms with Crippen molar-refractivity contribution in [3.63, 3.8) is 0 Å². The standard InChI is InChI=1S/C5H8O4S.C5H10O2/c1-5(2,4(6)7)3-10(8)9;1-5(2,3)4(6)7/h3H,1-2H3,(H,6,7);1-3H3,(H,6,7). The smallest absolute Gasteiger partial charge is 0.313 e. The number of aliphatic carboxylic acids is 2. The van der Waals surface area contributed by atoms with Crippen LogP contribution in [0.25, 0.3) is 0 Å². The Balaban J connectivity index is 0. The predicted octanol–water partition coefficient (Wildman–Crippen LogP) is 0.896. The summed E-state index contributed by atoms with van der Waals surface area (Å²) in [6, 6.07) is 0. The molecule has 0 fully saturated rings. The average Bonchev–Trinajstić information content (AvgIpc) is 1.99. The van der Waals surface area contributed by atoms with Crippen LogP contribution in [0, 0.1) is 10.8 Å². The zero-order chi connectivity index (χ0) is 14.4. The summed E-state index contributed by atoms with van der Waals surface area (Å²) in [6.45, 7) is 7.61. The third-order valence-electron chi connectivity index (χ3n) is 1.58. The molecule has 0 radical (unpaired) electrons. The van der Waals surface area contributed by atoms with Gasteiger partial charge in [0.25, 0.3) is 0 Å². The van der Waals surface area contributed by atoms with Crippen molar-refractivity contribution in [2.45, 2.75) is 34.6 Å². The molecule has 0 heterocycles. The van der Waals surface area contributed by atoms with Gasteiger partial charge in [0.15, 0.2) is 0 Å². The maximum atomic E-state index is 10.3. The molecule has 0 saturated carbocycles. The van der Waals surface area contributed by atoms with Crippen molar-refractivity contribution in [2.75, 3.05) is 0 Å². The first-order valence-electron chi connectivity index (χ1n) is 4.71. The Kier molecular flexibility index (Phi) is 6.76. The Morgan fingerprint density at radius 2 is 1.24 bits per heavy atom. The first-order valence-corrected chi connectivity index (χ1v) is 5.85. The van der Waals surface area contributed by atoms with Gasteiger partial charge in [-0.25, -0.2) is 0 Å². The molecule has 0 saturated heterocycles. The van der Waals surface area contributed by atoms with Gasteiger partial charge in [0.1, 0.15) is 0 Å². The second-order valence-electron chi connectivity index (χ2n) is 4.96. The molecule has 0 aliphatic rings. The van der Waals surface area contributed by atoms with Gasteiger partial charge in [-0.2, -0.15) is 8.42 Å². The van der Waals surface area contributed by atoms with Crippen molar-refractivity contribution in [3.05, 3.63) is 0 Å². The largest absolute Gasteiger partial charge is 0.481 e. The number of hydrogen-bond donors (Lipinski definition) is 2. The van der Waals surface area contributed by atoms with Crippen molar-refractivity contribution < 1.29 is 28.2 Å². The number of carboxylic acid groups (broad SMARTS) is 2. The minimum atomic E-state index is -2.41. The van der Waals surface area contributed by atoms with Gasteiger partial charge in [-0.1, -0.05) is 0 Å². The Hall–Kier alpha value is -1.37. The fourth-order valence-corrected chi connectivity index (χ4v) is 0.873. The molecule has 7 heteroatoms. The van der Waals surface area contributed by atoms with Gasteiger partial charge >= 0.3 is 11.9 Å². The summed E-state index contributed by atoms with van der Waals surface area (Å²) in [5.41, 5.74) is -1.88. The van der Waals surface area contributed by atoms with Gasteiger partial charge < -0.3 is 10.2 Å². The maximum absolute atomic E-state index is 10.3. The number of carbonyl (C=O) groups is 2. The highest BCUT2D eigenvalue weighted by atomic mass is 32.2. The lowest BCUT2D eigenvalue weighted by atomic mass is 9.98. The van der Waals surface area contributed by atoms with E-state index in [9.17, 15) is 18.0 Å². The summed E-state index contributed by atoms with van der Waals surface area (Å²) < 4.78 is 20.0. The van der Waals surface area contributed by atoms with Crippen LogP contribution in [0.15, 0.2) is 0 Å². The SMILES string of the molecule is CC(C)(C)C(=O)O.CC(C)(C=S(=O)=O)C(=O)O. The normalized spacial score (nSPS) is 10.9. The zero-order valence-electron chi connectivity index (χ0n) is 10.5. The number of carboxylic acids is 2. The van der Waals surface area contributed by atoms with Crippen LogP contribution in [0.5, 0.6) is 0 Å². The third kappa shape index (κ3) is 9.55. The summed E-state index contributed by atoms with van der Waals surface area (Å²) in [7, 11) is -2.41. The fraction of sp³-hybridized carbons (Fsp3) is 0.700. The predicted molar refractivity (Wildman–Crippen MR) is 63.5 cm³/mol. The van der Waals surface area contributed by atoms with Crippen LogP contribution in [0.1, 0.15) is 34.6 Å². The highest BCUT2D eigenvalue weighted by Gasteiger charge is 2.24. The van der Waals surface area contributed by atoms with Crippen LogP contribution in [0.3, 0.4) is 0 Å². The van der Waals surface area contributed by atoms with E-state index in [0.717, 1.165) is 5.37 Å². The van der Waals surface area contributed by atoms with Crippen molar-refractivity contribution >= 4 is 27.6 Å². The quantitative estimate of drug-likeness (QED) is 0.718. The molecule has 100 valence electrons. The molecule has 0 unspecified atom stereocenters. The molecular weight excluding hydrogens is 248 g/mol. The second-order valence-corrected chi connectivity index (χ2v) is 5.72. The Bertz CT molecular complexity index is 403. The summed E-state index contributed by atoms with van der Waals surface area (Å²) >= 11 is 0. The van der Waals surface area contributed by atoms with E-state index >= 15 is 0 Å². The van der Waals surface area contributed by atoms with E-state index in [0.29, 0.717) is 0 Å². The van der Waals surface area contributed by atoms with Gasteiger partial charge in [0.2, 0.25) is 10.3 Å². The highest BCUT2D eigenvalue weighted by Crippen LogP contribution is 2.11. The van der Waals surface area contributed by atoms with E-state index in [1.165, 1.54) is 13.8 Å². The maximum Gasteiger partial charge on any atom is 0.313 e. The minimum absolute atomic E-state index is 0.583. The molecule has 0 aromatic rings.